The number of nitrogens with zero attached hydrogens (tertiary/aromatic N) is 3. The van der Waals surface area contributed by atoms with Crippen molar-refractivity contribution < 1.29 is 52.4 Å². The van der Waals surface area contributed by atoms with Crippen LogP contribution in [-0.2, 0) is 48.8 Å². The molecule has 2 heterocycles. The zero-order chi connectivity index (χ0) is 44.4. The number of allylic oxidation sites excluding steroid dienone is 1. The third-order valence-corrected chi connectivity index (χ3v) is 10.7. The molecule has 19 nitrogen and oxygen atoms in total. The summed E-state index contributed by atoms with van der Waals surface area (Å²) < 4.78 is 24.2. The van der Waals surface area contributed by atoms with E-state index in [1.807, 2.05) is 44.2 Å². The molecule has 0 bridgehead atoms. The first kappa shape index (κ1) is 49.2. The lowest BCUT2D eigenvalue weighted by molar-refractivity contribution is -0.139. The van der Waals surface area contributed by atoms with Gasteiger partial charge >= 0.3 is 7.82 Å². The molecule has 1 aromatic heterocycles. The molecule has 0 saturated carbocycles. The largest absolute Gasteiger partial charge is 0.472 e. The zero-order valence-electron chi connectivity index (χ0n) is 34.5. The minimum atomic E-state index is -4.71. The number of hydrogen-bond acceptors (Lipinski definition) is 11. The van der Waals surface area contributed by atoms with E-state index < -0.39 is 80.3 Å². The molecule has 1 aromatic carbocycles. The molecule has 6 amide bonds. The van der Waals surface area contributed by atoms with Crippen LogP contribution in [0.1, 0.15) is 77.5 Å². The second kappa shape index (κ2) is 24.2. The van der Waals surface area contributed by atoms with Gasteiger partial charge in [0, 0.05) is 38.0 Å². The first-order valence-electron chi connectivity index (χ1n) is 19.9. The summed E-state index contributed by atoms with van der Waals surface area (Å²) in [7, 11) is -4.71. The molecule has 330 valence electrons. The van der Waals surface area contributed by atoms with Gasteiger partial charge in [-0.15, -0.1) is 6.58 Å². The van der Waals surface area contributed by atoms with Gasteiger partial charge in [0.1, 0.15) is 30.2 Å². The van der Waals surface area contributed by atoms with Crippen molar-refractivity contribution in [3.63, 3.8) is 0 Å². The van der Waals surface area contributed by atoms with E-state index in [4.69, 9.17) is 14.8 Å². The Bertz CT molecular complexity index is 1860. The number of imidazole rings is 1. The molecule has 0 radical (unpaired) electrons. The number of carbonyl (C=O) groups excluding carboxylic acids is 6. The van der Waals surface area contributed by atoms with E-state index in [2.05, 4.69) is 32.8 Å². The number of hydrogen-bond donors (Lipinski definition) is 7. The Morgan fingerprint density at radius 3 is 2.30 bits per heavy atom. The topological polar surface area (TPSA) is 274 Å². The standard InChI is InChI=1S/C40H59N8O11P/c1-6-7-8-12-20-58-60(56,57)59-27(4)35(36(41)51)46-39(54)33(24-49)45-38(53)32(22-30-23-42-25-47(30)19-17-29-14-10-9-11-15-29)43-37(52)31(21-26(2)3)44-40(55)34-16-13-18-48(34)28(5)50/h6,9-11,14-15,17,19,23,25-27,31-35,49H,1,7-8,12-13,16,18,20-22,24H2,2-5H3,(H2,41,51)(H,43,52)(H,44,55)(H,45,53)(H,46,54)(H,56,57)/b19-17-/t27-,31+,32+,33+,34+,35+/m1/s1. The summed E-state index contributed by atoms with van der Waals surface area (Å²) in [4.78, 5) is 95.4. The third-order valence-electron chi connectivity index (χ3n) is 9.57. The lowest BCUT2D eigenvalue weighted by Crippen LogP contribution is -2.61. The first-order chi connectivity index (χ1) is 28.5. The van der Waals surface area contributed by atoms with E-state index >= 15 is 0 Å². The van der Waals surface area contributed by atoms with Crippen LogP contribution < -0.4 is 27.0 Å². The highest BCUT2D eigenvalue weighted by atomic mass is 31.2. The Morgan fingerprint density at radius 1 is 1.00 bits per heavy atom. The van der Waals surface area contributed by atoms with Crippen LogP contribution in [0.3, 0.4) is 0 Å². The van der Waals surface area contributed by atoms with E-state index in [9.17, 15) is 43.3 Å². The Morgan fingerprint density at radius 2 is 1.67 bits per heavy atom. The second-order valence-corrected chi connectivity index (χ2v) is 16.3. The van der Waals surface area contributed by atoms with Gasteiger partial charge in [-0.2, -0.15) is 0 Å². The normalized spacial score (nSPS) is 17.5. The number of aliphatic hydroxyl groups excluding tert-OH is 1. The Labute approximate surface area is 350 Å². The average molecular weight is 859 g/mol. The number of nitrogens with two attached hydrogens (primary N) is 1. The minimum absolute atomic E-state index is 0.0916. The van der Waals surface area contributed by atoms with Gasteiger partial charge in [-0.3, -0.25) is 37.8 Å². The van der Waals surface area contributed by atoms with Crippen LogP contribution in [0.4, 0.5) is 0 Å². The molecule has 1 fully saturated rings. The minimum Gasteiger partial charge on any atom is -0.394 e. The van der Waals surface area contributed by atoms with Gasteiger partial charge in [0.15, 0.2) is 0 Å². The molecule has 1 aliphatic heterocycles. The van der Waals surface area contributed by atoms with Crippen LogP contribution in [0.25, 0.3) is 12.3 Å². The average Bonchev–Trinajstić information content (AvgIpc) is 3.87. The number of benzene rings is 1. The number of phosphoric acid groups is 1. The molecule has 60 heavy (non-hydrogen) atoms. The zero-order valence-corrected chi connectivity index (χ0v) is 35.4. The van der Waals surface area contributed by atoms with E-state index in [1.54, 1.807) is 22.9 Å². The van der Waals surface area contributed by atoms with E-state index in [0.717, 1.165) is 5.56 Å². The summed E-state index contributed by atoms with van der Waals surface area (Å²) in [6.45, 7) is 9.15. The number of rotatable bonds is 25. The Kier molecular flexibility index (Phi) is 19.8. The van der Waals surface area contributed by atoms with Crippen LogP contribution in [0.2, 0.25) is 0 Å². The van der Waals surface area contributed by atoms with Gasteiger partial charge in [-0.05, 0) is 63.0 Å². The molecule has 1 aliphatic rings. The maximum atomic E-state index is 14.1. The second-order valence-electron chi connectivity index (χ2n) is 14.9. The number of nitrogens with one attached hydrogen (secondary N) is 4. The van der Waals surface area contributed by atoms with Crippen molar-refractivity contribution in [2.75, 3.05) is 19.8 Å². The Hall–Kier alpha value is -5.20. The predicted molar refractivity (Wildman–Crippen MR) is 222 cm³/mol. The summed E-state index contributed by atoms with van der Waals surface area (Å²) in [5, 5.41) is 20.4. The Balaban J connectivity index is 1.85. The SMILES string of the molecule is C=CCCCCOP(=O)(O)O[C@H](C)[C@H](NC(=O)[C@H](CO)NC(=O)[C@H](Cc1cncn1/C=C\c1ccccc1)NC(=O)[C@H](CC(C)C)NC(=O)[C@@H]1CCCN1C(C)=O)C(N)=O. The fourth-order valence-corrected chi connectivity index (χ4v) is 7.41. The van der Waals surface area contributed by atoms with Crippen molar-refractivity contribution in [1.29, 1.82) is 0 Å². The van der Waals surface area contributed by atoms with Gasteiger partial charge in [-0.1, -0.05) is 50.3 Å². The molecule has 1 unspecified atom stereocenters. The summed E-state index contributed by atoms with van der Waals surface area (Å²) >= 11 is 0. The van der Waals surface area contributed by atoms with Crippen molar-refractivity contribution in [1.82, 2.24) is 35.7 Å². The molecule has 0 aliphatic carbocycles. The maximum absolute atomic E-state index is 14.1. The molecule has 8 N–H and O–H groups in total. The quantitative estimate of drug-likeness (QED) is 0.0424. The molecule has 3 rings (SSSR count). The number of phosphoric ester groups is 1. The maximum Gasteiger partial charge on any atom is 0.472 e. The molecule has 20 heteroatoms. The van der Waals surface area contributed by atoms with Gasteiger partial charge in [-0.25, -0.2) is 9.55 Å². The molecule has 2 aromatic rings. The molecule has 1 saturated heterocycles. The first-order valence-corrected chi connectivity index (χ1v) is 21.3. The lowest BCUT2D eigenvalue weighted by atomic mass is 10.0. The molecular formula is C40H59N8O11P. The summed E-state index contributed by atoms with van der Waals surface area (Å²) in [6, 6.07) is 2.61. The number of likely N-dealkylation sites (tertiary alicyclic amines) is 1. The van der Waals surface area contributed by atoms with Crippen LogP contribution >= 0.6 is 7.82 Å². The van der Waals surface area contributed by atoms with E-state index in [1.165, 1.54) is 31.3 Å². The highest BCUT2D eigenvalue weighted by Gasteiger charge is 2.38. The number of primary amides is 1. The van der Waals surface area contributed by atoms with Gasteiger partial charge in [0.25, 0.3) is 0 Å². The number of aliphatic hydroxyl groups is 1. The van der Waals surface area contributed by atoms with Crippen molar-refractivity contribution in [2.45, 2.75) is 109 Å². The number of amides is 6. The number of carbonyl (C=O) groups is 6. The number of unbranched alkanes of at least 4 members (excludes halogenated alkanes) is 2. The van der Waals surface area contributed by atoms with Gasteiger partial charge < -0.3 is 46.5 Å². The highest BCUT2D eigenvalue weighted by molar-refractivity contribution is 7.47. The van der Waals surface area contributed by atoms with E-state index in [-0.39, 0.29) is 31.3 Å². The van der Waals surface area contributed by atoms with Crippen LogP contribution in [-0.4, -0.2) is 116 Å². The number of aromatic nitrogens is 2. The highest BCUT2D eigenvalue weighted by Crippen LogP contribution is 2.45. The van der Waals surface area contributed by atoms with Crippen molar-refractivity contribution in [3.05, 3.63) is 66.8 Å². The van der Waals surface area contributed by atoms with Crippen molar-refractivity contribution in [2.24, 2.45) is 11.7 Å². The van der Waals surface area contributed by atoms with Crippen LogP contribution in [0.15, 0.2) is 55.5 Å². The molecule has 0 spiro atoms. The smallest absolute Gasteiger partial charge is 0.394 e. The van der Waals surface area contributed by atoms with Crippen molar-refractivity contribution >= 4 is 55.5 Å². The van der Waals surface area contributed by atoms with Crippen LogP contribution in [0, 0.1) is 5.92 Å². The monoisotopic (exact) mass is 858 g/mol. The molecular weight excluding hydrogens is 799 g/mol. The lowest BCUT2D eigenvalue weighted by Gasteiger charge is -2.28. The fourth-order valence-electron chi connectivity index (χ4n) is 6.44. The fraction of sp³-hybridized carbons (Fsp3) is 0.525. The van der Waals surface area contributed by atoms with Gasteiger partial charge in [0.05, 0.1) is 25.6 Å². The van der Waals surface area contributed by atoms with E-state index in [0.29, 0.717) is 44.3 Å². The van der Waals surface area contributed by atoms with Gasteiger partial charge in [0.2, 0.25) is 35.4 Å². The summed E-state index contributed by atoms with van der Waals surface area (Å²) in [6.07, 6.45) is 9.42. The predicted octanol–water partition coefficient (Wildman–Crippen LogP) is 1.41. The third kappa shape index (κ3) is 15.8. The van der Waals surface area contributed by atoms with Crippen molar-refractivity contribution in [3.8, 4) is 0 Å². The summed E-state index contributed by atoms with van der Waals surface area (Å²) in [5.41, 5.74) is 6.83. The molecule has 7 atom stereocenters. The summed E-state index contributed by atoms with van der Waals surface area (Å²) in [5.74, 6) is -4.81. The van der Waals surface area contributed by atoms with Crippen LogP contribution in [0.5, 0.6) is 0 Å².